The molecule has 0 aromatic carbocycles. The van der Waals surface area contributed by atoms with Gasteiger partial charge < -0.3 is 4.23 Å². The van der Waals surface area contributed by atoms with E-state index in [0.717, 1.165) is 0 Å². The minimum Gasteiger partial charge on any atom is -0.396 e. The van der Waals surface area contributed by atoms with Gasteiger partial charge in [0.1, 0.15) is 16.5 Å². The molecule has 0 saturated heterocycles. The quantitative estimate of drug-likeness (QED) is 0.639. The van der Waals surface area contributed by atoms with Crippen molar-refractivity contribution >= 4 is 41.2 Å². The summed E-state index contributed by atoms with van der Waals surface area (Å²) >= 11 is 0. The summed E-state index contributed by atoms with van der Waals surface area (Å²) in [5.41, 5.74) is 0. The molecule has 0 spiro atoms. The molecule has 5 heteroatoms. The number of rotatable bonds is 2. The Bertz CT molecular complexity index is 170. The standard InChI is InChI=1S/C8H21NOSi2.Li/c1-8(10)9(11(2,3)4)12(5,6)7;/h1-7H3;. The van der Waals surface area contributed by atoms with Gasteiger partial charge in [-0.1, -0.05) is 39.3 Å². The van der Waals surface area contributed by atoms with E-state index in [1.54, 1.807) is 6.92 Å². The Labute approximate surface area is 96.4 Å². The van der Waals surface area contributed by atoms with E-state index in [1.807, 2.05) is 0 Å². The van der Waals surface area contributed by atoms with E-state index >= 15 is 0 Å². The molecule has 0 fully saturated rings. The van der Waals surface area contributed by atoms with Crippen molar-refractivity contribution in [1.29, 1.82) is 0 Å². The molecule has 0 aliphatic rings. The van der Waals surface area contributed by atoms with Crippen LogP contribution in [-0.4, -0.2) is 45.5 Å². The number of hydrogen-bond donors (Lipinski definition) is 0. The van der Waals surface area contributed by atoms with E-state index < -0.39 is 16.5 Å². The first-order valence-electron chi connectivity index (χ1n) is 4.37. The van der Waals surface area contributed by atoms with Crippen molar-refractivity contribution in [2.75, 3.05) is 0 Å². The molecule has 0 aliphatic heterocycles. The van der Waals surface area contributed by atoms with Gasteiger partial charge in [-0.15, -0.1) is 0 Å². The maximum Gasteiger partial charge on any atom is 0.203 e. The fraction of sp³-hybridized carbons (Fsp3) is 0.875. The molecule has 0 aliphatic carbocycles. The van der Waals surface area contributed by atoms with Gasteiger partial charge in [-0.2, -0.15) is 0 Å². The number of hydrogen-bond acceptors (Lipinski definition) is 1. The molecular weight excluding hydrogens is 189 g/mol. The van der Waals surface area contributed by atoms with Crippen LogP contribution < -0.4 is 0 Å². The summed E-state index contributed by atoms with van der Waals surface area (Å²) < 4.78 is 2.18. The first kappa shape index (κ1) is 16.0. The first-order valence-corrected chi connectivity index (χ1v) is 11.3. The van der Waals surface area contributed by atoms with E-state index in [2.05, 4.69) is 43.5 Å². The Morgan fingerprint density at radius 2 is 1.15 bits per heavy atom. The van der Waals surface area contributed by atoms with Crippen molar-refractivity contribution in [1.82, 2.24) is 4.23 Å². The SMILES string of the molecule is CC(=O)N([Si](C)(C)C)[Si](C)(C)C.[Li]. The Kier molecular flexibility index (Phi) is 5.93. The third-order valence-corrected chi connectivity index (χ3v) is 8.99. The van der Waals surface area contributed by atoms with Crippen molar-refractivity contribution in [3.05, 3.63) is 0 Å². The van der Waals surface area contributed by atoms with Gasteiger partial charge in [-0.05, 0) is 0 Å². The van der Waals surface area contributed by atoms with Crippen LogP contribution in [0, 0.1) is 0 Å². The van der Waals surface area contributed by atoms with Crippen LogP contribution >= 0.6 is 0 Å². The fourth-order valence-electron chi connectivity index (χ4n) is 1.95. The molecule has 0 aromatic heterocycles. The zero-order valence-corrected chi connectivity index (χ0v) is 12.4. The van der Waals surface area contributed by atoms with Crippen LogP contribution in [0.1, 0.15) is 6.92 Å². The Balaban J connectivity index is 0. The molecule has 13 heavy (non-hydrogen) atoms. The van der Waals surface area contributed by atoms with Crippen molar-refractivity contribution in [2.45, 2.75) is 46.2 Å². The molecule has 0 N–H and O–H groups in total. The summed E-state index contributed by atoms with van der Waals surface area (Å²) in [6.45, 7) is 15.1. The molecular formula is C8H21LiNOSi2. The maximum absolute atomic E-state index is 11.4. The van der Waals surface area contributed by atoms with E-state index in [4.69, 9.17) is 0 Å². The van der Waals surface area contributed by atoms with Gasteiger partial charge in [0.2, 0.25) is 5.91 Å². The van der Waals surface area contributed by atoms with Gasteiger partial charge in [0.15, 0.2) is 0 Å². The molecule has 0 aromatic rings. The maximum atomic E-state index is 11.4. The molecule has 0 atom stereocenters. The van der Waals surface area contributed by atoms with Crippen LogP contribution in [0.15, 0.2) is 0 Å². The van der Waals surface area contributed by atoms with Crippen molar-refractivity contribution in [3.8, 4) is 0 Å². The van der Waals surface area contributed by atoms with Crippen LogP contribution in [0.2, 0.25) is 39.3 Å². The molecule has 73 valence electrons. The van der Waals surface area contributed by atoms with E-state index in [-0.39, 0.29) is 24.8 Å². The Morgan fingerprint density at radius 1 is 0.923 bits per heavy atom. The normalized spacial score (nSPS) is 11.9. The van der Waals surface area contributed by atoms with Crippen molar-refractivity contribution < 1.29 is 4.79 Å². The Hall–Kier alpha value is 0.501. The molecule has 2 nitrogen and oxygen atoms in total. The van der Waals surface area contributed by atoms with E-state index in [1.165, 1.54) is 0 Å². The van der Waals surface area contributed by atoms with Gasteiger partial charge in [0, 0.05) is 25.8 Å². The van der Waals surface area contributed by atoms with Crippen LogP contribution in [0.4, 0.5) is 0 Å². The largest absolute Gasteiger partial charge is 0.396 e. The summed E-state index contributed by atoms with van der Waals surface area (Å²) in [5.74, 6) is 0.258. The first-order chi connectivity index (χ1) is 5.07. The van der Waals surface area contributed by atoms with Crippen LogP contribution in [0.3, 0.4) is 0 Å². The third kappa shape index (κ3) is 5.06. The molecule has 0 saturated carbocycles. The van der Waals surface area contributed by atoms with Crippen LogP contribution in [0.5, 0.6) is 0 Å². The summed E-state index contributed by atoms with van der Waals surface area (Å²) in [4.78, 5) is 11.4. The molecule has 0 unspecified atom stereocenters. The second kappa shape index (κ2) is 4.83. The molecule has 1 amide bonds. The van der Waals surface area contributed by atoms with Gasteiger partial charge in [0.05, 0.1) is 0 Å². The topological polar surface area (TPSA) is 20.3 Å². The number of carbonyl (C=O) groups is 1. The van der Waals surface area contributed by atoms with E-state index in [9.17, 15) is 4.79 Å². The van der Waals surface area contributed by atoms with Gasteiger partial charge in [0.25, 0.3) is 0 Å². The average Bonchev–Trinajstić information content (AvgIpc) is 1.49. The van der Waals surface area contributed by atoms with E-state index in [0.29, 0.717) is 0 Å². The fourth-order valence-corrected chi connectivity index (χ4v) is 11.9. The molecule has 0 bridgehead atoms. The van der Waals surface area contributed by atoms with Crippen molar-refractivity contribution in [3.63, 3.8) is 0 Å². The summed E-state index contributed by atoms with van der Waals surface area (Å²) in [7, 11) is -2.88. The number of carbonyl (C=O) groups excluding carboxylic acids is 1. The molecule has 0 heterocycles. The van der Waals surface area contributed by atoms with Crippen LogP contribution in [-0.2, 0) is 4.79 Å². The van der Waals surface area contributed by atoms with Crippen molar-refractivity contribution in [2.24, 2.45) is 0 Å². The smallest absolute Gasteiger partial charge is 0.203 e. The summed E-state index contributed by atoms with van der Waals surface area (Å²) in [6, 6.07) is 0. The summed E-state index contributed by atoms with van der Waals surface area (Å²) in [6.07, 6.45) is 0. The Morgan fingerprint density at radius 3 is 1.15 bits per heavy atom. The minimum atomic E-state index is -1.44. The molecule has 1 radical (unpaired) electrons. The van der Waals surface area contributed by atoms with Gasteiger partial charge >= 0.3 is 0 Å². The minimum absolute atomic E-state index is 0. The second-order valence-electron chi connectivity index (χ2n) is 5.20. The van der Waals surface area contributed by atoms with Gasteiger partial charge in [-0.25, -0.2) is 0 Å². The number of amides is 1. The predicted octanol–water partition coefficient (Wildman–Crippen LogP) is 2.12. The summed E-state index contributed by atoms with van der Waals surface area (Å²) in [5, 5.41) is 0. The van der Waals surface area contributed by atoms with Gasteiger partial charge in [-0.3, -0.25) is 4.79 Å². The predicted molar refractivity (Wildman–Crippen MR) is 65.0 cm³/mol. The molecule has 0 rings (SSSR count). The third-order valence-electron chi connectivity index (χ3n) is 1.66. The monoisotopic (exact) mass is 210 g/mol. The average molecular weight is 210 g/mol. The second-order valence-corrected chi connectivity index (χ2v) is 15.2. The number of nitrogens with zero attached hydrogens (tertiary/aromatic N) is 1. The van der Waals surface area contributed by atoms with Crippen LogP contribution in [0.25, 0.3) is 0 Å². The zero-order valence-electron chi connectivity index (χ0n) is 10.4. The zero-order chi connectivity index (χ0) is 10.2.